The predicted octanol–water partition coefficient (Wildman–Crippen LogP) is 3.26. The average molecular weight is 295 g/mol. The number of rotatable bonds is 5. The van der Waals surface area contributed by atoms with Gasteiger partial charge in [0.15, 0.2) is 0 Å². The Labute approximate surface area is 124 Å². The maximum Gasteiger partial charge on any atom is 0.305 e. The molecule has 1 aromatic carbocycles. The van der Waals surface area contributed by atoms with Crippen LogP contribution in [0.5, 0.6) is 0 Å². The molecule has 0 aliphatic heterocycles. The van der Waals surface area contributed by atoms with Gasteiger partial charge in [-0.25, -0.2) is 0 Å². The third kappa shape index (κ3) is 4.56. The van der Waals surface area contributed by atoms with E-state index in [1.165, 1.54) is 0 Å². The van der Waals surface area contributed by atoms with Crippen LogP contribution in [0, 0.1) is 5.41 Å². The second kappa shape index (κ2) is 6.79. The van der Waals surface area contributed by atoms with Crippen molar-refractivity contribution in [2.24, 2.45) is 5.41 Å². The number of hydrogen-bond acceptors (Lipinski definition) is 3. The Morgan fingerprint density at radius 2 is 1.95 bits per heavy atom. The van der Waals surface area contributed by atoms with E-state index in [9.17, 15) is 9.59 Å². The molecule has 0 atom stereocenters. The summed E-state index contributed by atoms with van der Waals surface area (Å²) in [7, 11) is 0. The zero-order valence-corrected chi connectivity index (χ0v) is 13.2. The van der Waals surface area contributed by atoms with E-state index >= 15 is 0 Å². The van der Waals surface area contributed by atoms with Crippen LogP contribution in [-0.4, -0.2) is 29.8 Å². The van der Waals surface area contributed by atoms with Gasteiger partial charge in [-0.05, 0) is 24.5 Å². The summed E-state index contributed by atoms with van der Waals surface area (Å²) in [5.41, 5.74) is 0.200. The SMILES string of the molecule is CSc1cccc(N(CCC(=O)O)C(=O)C(C)(C)C)c1. The second-order valence-corrected chi connectivity index (χ2v) is 6.43. The molecule has 4 nitrogen and oxygen atoms in total. The van der Waals surface area contributed by atoms with E-state index in [0.29, 0.717) is 0 Å². The third-order valence-electron chi connectivity index (χ3n) is 2.80. The van der Waals surface area contributed by atoms with E-state index < -0.39 is 11.4 Å². The second-order valence-electron chi connectivity index (χ2n) is 5.55. The number of aliphatic carboxylic acids is 1. The first-order chi connectivity index (χ1) is 9.25. The Balaban J connectivity index is 3.08. The number of carboxylic acids is 1. The first kappa shape index (κ1) is 16.6. The lowest BCUT2D eigenvalue weighted by atomic mass is 9.94. The van der Waals surface area contributed by atoms with Gasteiger partial charge in [-0.15, -0.1) is 11.8 Å². The van der Waals surface area contributed by atoms with E-state index in [4.69, 9.17) is 5.11 Å². The number of anilines is 1. The maximum absolute atomic E-state index is 12.5. The Hall–Kier alpha value is -1.49. The van der Waals surface area contributed by atoms with Gasteiger partial charge in [-0.2, -0.15) is 0 Å². The summed E-state index contributed by atoms with van der Waals surface area (Å²) in [4.78, 5) is 25.9. The highest BCUT2D eigenvalue weighted by Gasteiger charge is 2.28. The molecular formula is C15H21NO3S. The molecule has 0 aromatic heterocycles. The number of benzene rings is 1. The molecular weight excluding hydrogens is 274 g/mol. The number of amides is 1. The van der Waals surface area contributed by atoms with Crippen molar-refractivity contribution in [2.75, 3.05) is 17.7 Å². The van der Waals surface area contributed by atoms with E-state index in [0.717, 1.165) is 10.6 Å². The molecule has 0 radical (unpaired) electrons. The van der Waals surface area contributed by atoms with Crippen molar-refractivity contribution < 1.29 is 14.7 Å². The van der Waals surface area contributed by atoms with Crippen molar-refractivity contribution in [3.05, 3.63) is 24.3 Å². The molecule has 0 unspecified atom stereocenters. The Bertz CT molecular complexity index is 494. The molecule has 0 aliphatic rings. The lowest BCUT2D eigenvalue weighted by molar-refractivity contribution is -0.136. The fourth-order valence-electron chi connectivity index (χ4n) is 1.74. The van der Waals surface area contributed by atoms with E-state index in [1.807, 2.05) is 51.3 Å². The van der Waals surface area contributed by atoms with Crippen molar-refractivity contribution in [1.29, 1.82) is 0 Å². The highest BCUT2D eigenvalue weighted by molar-refractivity contribution is 7.98. The molecule has 0 spiro atoms. The first-order valence-corrected chi connectivity index (χ1v) is 7.66. The first-order valence-electron chi connectivity index (χ1n) is 6.43. The van der Waals surface area contributed by atoms with Crippen molar-refractivity contribution in [2.45, 2.75) is 32.1 Å². The zero-order chi connectivity index (χ0) is 15.3. The summed E-state index contributed by atoms with van der Waals surface area (Å²) in [5, 5.41) is 8.85. The summed E-state index contributed by atoms with van der Waals surface area (Å²) in [5.74, 6) is -0.977. The zero-order valence-electron chi connectivity index (χ0n) is 12.3. The van der Waals surface area contributed by atoms with Crippen LogP contribution in [-0.2, 0) is 9.59 Å². The van der Waals surface area contributed by atoms with E-state index in [-0.39, 0.29) is 18.9 Å². The van der Waals surface area contributed by atoms with Crippen molar-refractivity contribution in [3.8, 4) is 0 Å². The topological polar surface area (TPSA) is 57.6 Å². The molecule has 0 saturated carbocycles. The summed E-state index contributed by atoms with van der Waals surface area (Å²) in [6.45, 7) is 5.69. The average Bonchev–Trinajstić information content (AvgIpc) is 2.37. The lowest BCUT2D eigenvalue weighted by Gasteiger charge is -2.29. The van der Waals surface area contributed by atoms with Crippen LogP contribution < -0.4 is 4.90 Å². The van der Waals surface area contributed by atoms with Gasteiger partial charge >= 0.3 is 5.97 Å². The van der Waals surface area contributed by atoms with Gasteiger partial charge in [-0.3, -0.25) is 9.59 Å². The number of carbonyl (C=O) groups is 2. The number of carbonyl (C=O) groups excluding carboxylic acids is 1. The van der Waals surface area contributed by atoms with Gasteiger partial charge in [0.2, 0.25) is 5.91 Å². The molecule has 0 fully saturated rings. The molecule has 20 heavy (non-hydrogen) atoms. The molecule has 0 heterocycles. The highest BCUT2D eigenvalue weighted by atomic mass is 32.2. The molecule has 1 N–H and O–H groups in total. The van der Waals surface area contributed by atoms with Crippen molar-refractivity contribution >= 4 is 29.3 Å². The van der Waals surface area contributed by atoms with Gasteiger partial charge in [0.25, 0.3) is 0 Å². The summed E-state index contributed by atoms with van der Waals surface area (Å²) >= 11 is 1.59. The predicted molar refractivity (Wildman–Crippen MR) is 82.3 cm³/mol. The molecule has 5 heteroatoms. The van der Waals surface area contributed by atoms with Crippen LogP contribution in [0.4, 0.5) is 5.69 Å². The van der Waals surface area contributed by atoms with Crippen LogP contribution in [0.2, 0.25) is 0 Å². The molecule has 0 bridgehead atoms. The monoisotopic (exact) mass is 295 g/mol. The Kier molecular flexibility index (Phi) is 5.62. The minimum absolute atomic E-state index is 0.0642. The van der Waals surface area contributed by atoms with Crippen LogP contribution in [0.15, 0.2) is 29.2 Å². The molecule has 1 rings (SSSR count). The minimum Gasteiger partial charge on any atom is -0.481 e. The molecule has 0 saturated heterocycles. The summed E-state index contributed by atoms with van der Waals surface area (Å²) in [6, 6.07) is 7.59. The Morgan fingerprint density at radius 3 is 2.45 bits per heavy atom. The highest BCUT2D eigenvalue weighted by Crippen LogP contribution is 2.26. The van der Waals surface area contributed by atoms with Crippen LogP contribution in [0.1, 0.15) is 27.2 Å². The van der Waals surface area contributed by atoms with Gasteiger partial charge < -0.3 is 10.0 Å². The third-order valence-corrected chi connectivity index (χ3v) is 3.53. The van der Waals surface area contributed by atoms with E-state index in [1.54, 1.807) is 16.7 Å². The van der Waals surface area contributed by atoms with Crippen LogP contribution in [0.25, 0.3) is 0 Å². The molecule has 0 aliphatic carbocycles. The standard InChI is InChI=1S/C15H21NO3S/c1-15(2,3)14(19)16(9-8-13(17)18)11-6-5-7-12(10-11)20-4/h5-7,10H,8-9H2,1-4H3,(H,17,18). The summed E-state index contributed by atoms with van der Waals surface area (Å²) in [6.07, 6.45) is 1.90. The fourth-order valence-corrected chi connectivity index (χ4v) is 2.19. The van der Waals surface area contributed by atoms with Crippen molar-refractivity contribution in [1.82, 2.24) is 0 Å². The maximum atomic E-state index is 12.5. The van der Waals surface area contributed by atoms with Crippen LogP contribution >= 0.6 is 11.8 Å². The number of thioether (sulfide) groups is 1. The number of hydrogen-bond donors (Lipinski definition) is 1. The molecule has 110 valence electrons. The smallest absolute Gasteiger partial charge is 0.305 e. The molecule has 1 amide bonds. The van der Waals surface area contributed by atoms with Gasteiger partial charge in [0.1, 0.15) is 0 Å². The van der Waals surface area contributed by atoms with Crippen molar-refractivity contribution in [3.63, 3.8) is 0 Å². The normalized spacial score (nSPS) is 11.2. The fraction of sp³-hybridized carbons (Fsp3) is 0.467. The van der Waals surface area contributed by atoms with Gasteiger partial charge in [0, 0.05) is 22.5 Å². The minimum atomic E-state index is -0.905. The number of nitrogens with zero attached hydrogens (tertiary/aromatic N) is 1. The molecule has 1 aromatic rings. The Morgan fingerprint density at radius 1 is 1.30 bits per heavy atom. The summed E-state index contributed by atoms with van der Waals surface area (Å²) < 4.78 is 0. The van der Waals surface area contributed by atoms with E-state index in [2.05, 4.69) is 0 Å². The lowest BCUT2D eigenvalue weighted by Crippen LogP contribution is -2.40. The number of carboxylic acid groups (broad SMARTS) is 1. The van der Waals surface area contributed by atoms with Gasteiger partial charge in [0.05, 0.1) is 6.42 Å². The van der Waals surface area contributed by atoms with Gasteiger partial charge in [-0.1, -0.05) is 26.8 Å². The quantitative estimate of drug-likeness (QED) is 0.847. The largest absolute Gasteiger partial charge is 0.481 e. The van der Waals surface area contributed by atoms with Crippen LogP contribution in [0.3, 0.4) is 0 Å².